The number of rotatable bonds is 5. The van der Waals surface area contributed by atoms with Gasteiger partial charge in [0.25, 0.3) is 0 Å². The standard InChI is InChI=1S/C30H46O4/c1-18(2)9-8-10-19(26(33)34)25-22(31)17-30(7)21-11-12-23-27(3,4)24(32)14-15-28(23,5)20(21)13-16-29(25,30)6/h9,11,13,19,22-25,31-32H,8,10,12,14-17H2,1-7H3,(H,33,34)/t19-,22?,23?,24?,25+,28-,29-,30+/m1/s1. The molecule has 0 spiro atoms. The highest BCUT2D eigenvalue weighted by Crippen LogP contribution is 2.71. The third-order valence-corrected chi connectivity index (χ3v) is 11.1. The van der Waals surface area contributed by atoms with Crippen LogP contribution in [0.5, 0.6) is 0 Å². The number of carboxylic acids is 1. The summed E-state index contributed by atoms with van der Waals surface area (Å²) in [4.78, 5) is 12.5. The Kier molecular flexibility index (Phi) is 6.30. The fourth-order valence-corrected chi connectivity index (χ4v) is 8.83. The van der Waals surface area contributed by atoms with Gasteiger partial charge in [-0.25, -0.2) is 0 Å². The maximum absolute atomic E-state index is 12.5. The predicted molar refractivity (Wildman–Crippen MR) is 136 cm³/mol. The first-order chi connectivity index (χ1) is 15.7. The van der Waals surface area contributed by atoms with Crippen LogP contribution in [0.25, 0.3) is 0 Å². The molecule has 0 aromatic rings. The van der Waals surface area contributed by atoms with Crippen molar-refractivity contribution in [1.29, 1.82) is 0 Å². The zero-order valence-electron chi connectivity index (χ0n) is 22.3. The molecule has 0 aromatic heterocycles. The summed E-state index contributed by atoms with van der Waals surface area (Å²) in [5.41, 5.74) is 3.27. The van der Waals surface area contributed by atoms with Gasteiger partial charge in [-0.15, -0.1) is 0 Å². The van der Waals surface area contributed by atoms with Gasteiger partial charge in [-0.05, 0) is 92.1 Å². The fourth-order valence-electron chi connectivity index (χ4n) is 8.83. The summed E-state index contributed by atoms with van der Waals surface area (Å²) >= 11 is 0. The SMILES string of the molecule is CC(C)=CCC[C@@H](C(=O)O)[C@H]1C(O)C[C@@]2(C)C3=CCC4C(C)(C)C(O)CC[C@]4(C)C3=CC[C@]12C. The number of aliphatic carboxylic acids is 1. The summed E-state index contributed by atoms with van der Waals surface area (Å²) in [6, 6.07) is 0. The predicted octanol–water partition coefficient (Wildman–Crippen LogP) is 6.29. The van der Waals surface area contributed by atoms with Crippen molar-refractivity contribution >= 4 is 5.97 Å². The molecule has 0 aromatic carbocycles. The van der Waals surface area contributed by atoms with Gasteiger partial charge >= 0.3 is 5.97 Å². The number of aliphatic hydroxyl groups excluding tert-OH is 2. The molecule has 0 heterocycles. The molecule has 34 heavy (non-hydrogen) atoms. The van der Waals surface area contributed by atoms with E-state index in [4.69, 9.17) is 0 Å². The van der Waals surface area contributed by atoms with E-state index in [0.717, 1.165) is 32.1 Å². The van der Waals surface area contributed by atoms with Crippen molar-refractivity contribution in [1.82, 2.24) is 0 Å². The second kappa shape index (κ2) is 8.34. The lowest BCUT2D eigenvalue weighted by Crippen LogP contribution is -2.54. The van der Waals surface area contributed by atoms with Gasteiger partial charge in [0.05, 0.1) is 18.1 Å². The number of allylic oxidation sites excluding steroid dienone is 6. The van der Waals surface area contributed by atoms with Crippen molar-refractivity contribution in [3.63, 3.8) is 0 Å². The second-order valence-electron chi connectivity index (χ2n) is 13.4. The van der Waals surface area contributed by atoms with Crippen LogP contribution in [-0.2, 0) is 4.79 Å². The average molecular weight is 471 g/mol. The zero-order chi connectivity index (χ0) is 25.3. The molecule has 2 saturated carbocycles. The van der Waals surface area contributed by atoms with E-state index in [1.165, 1.54) is 16.7 Å². The van der Waals surface area contributed by atoms with Crippen LogP contribution in [0.4, 0.5) is 0 Å². The number of carbonyl (C=O) groups is 1. The van der Waals surface area contributed by atoms with Crippen LogP contribution < -0.4 is 0 Å². The zero-order valence-corrected chi connectivity index (χ0v) is 22.3. The summed E-state index contributed by atoms with van der Waals surface area (Å²) in [7, 11) is 0. The average Bonchev–Trinajstić information content (AvgIpc) is 2.94. The number of fused-ring (bicyclic) bond motifs is 5. The Balaban J connectivity index is 1.74. The van der Waals surface area contributed by atoms with Gasteiger partial charge in [-0.1, -0.05) is 58.4 Å². The quantitative estimate of drug-likeness (QED) is 0.413. The van der Waals surface area contributed by atoms with Gasteiger partial charge in [0.1, 0.15) is 0 Å². The van der Waals surface area contributed by atoms with E-state index in [9.17, 15) is 20.1 Å². The van der Waals surface area contributed by atoms with E-state index < -0.39 is 18.0 Å². The summed E-state index contributed by atoms with van der Waals surface area (Å²) in [5, 5.41) is 32.4. The normalized spacial score (nSPS) is 43.6. The molecule has 4 nitrogen and oxygen atoms in total. The van der Waals surface area contributed by atoms with Crippen molar-refractivity contribution in [2.24, 2.45) is 39.4 Å². The van der Waals surface area contributed by atoms with Crippen LogP contribution in [0.3, 0.4) is 0 Å². The summed E-state index contributed by atoms with van der Waals surface area (Å²) < 4.78 is 0. The minimum Gasteiger partial charge on any atom is -0.481 e. The highest BCUT2D eigenvalue weighted by Gasteiger charge is 2.66. The van der Waals surface area contributed by atoms with E-state index in [1.807, 2.05) is 13.8 Å². The highest BCUT2D eigenvalue weighted by molar-refractivity contribution is 5.71. The van der Waals surface area contributed by atoms with Crippen LogP contribution in [0.1, 0.15) is 93.4 Å². The Labute approximate surface area is 206 Å². The molecule has 2 fully saturated rings. The summed E-state index contributed by atoms with van der Waals surface area (Å²) in [5.74, 6) is -1.22. The first kappa shape index (κ1) is 25.7. The largest absolute Gasteiger partial charge is 0.481 e. The molecule has 0 amide bonds. The molecule has 3 N–H and O–H groups in total. The Bertz CT molecular complexity index is 937. The van der Waals surface area contributed by atoms with E-state index in [1.54, 1.807) is 0 Å². The van der Waals surface area contributed by atoms with Gasteiger partial charge in [-0.3, -0.25) is 4.79 Å². The maximum atomic E-state index is 12.5. The molecular formula is C30H46O4. The molecule has 190 valence electrons. The first-order valence-corrected chi connectivity index (χ1v) is 13.3. The van der Waals surface area contributed by atoms with E-state index >= 15 is 0 Å². The highest BCUT2D eigenvalue weighted by atomic mass is 16.4. The summed E-state index contributed by atoms with van der Waals surface area (Å²) in [6.45, 7) is 15.4. The first-order valence-electron chi connectivity index (χ1n) is 13.3. The van der Waals surface area contributed by atoms with Gasteiger partial charge in [-0.2, -0.15) is 0 Å². The van der Waals surface area contributed by atoms with Crippen molar-refractivity contribution in [3.8, 4) is 0 Å². The lowest BCUT2D eigenvalue weighted by Gasteiger charge is -2.61. The van der Waals surface area contributed by atoms with Crippen molar-refractivity contribution < 1.29 is 20.1 Å². The van der Waals surface area contributed by atoms with Crippen LogP contribution in [0.15, 0.2) is 34.9 Å². The van der Waals surface area contributed by atoms with E-state index in [2.05, 4.69) is 52.8 Å². The van der Waals surface area contributed by atoms with Crippen LogP contribution >= 0.6 is 0 Å². The Morgan fingerprint density at radius 1 is 1.12 bits per heavy atom. The molecule has 0 saturated heterocycles. The lowest BCUT2D eigenvalue weighted by molar-refractivity contribution is -0.148. The second-order valence-corrected chi connectivity index (χ2v) is 13.4. The summed E-state index contributed by atoms with van der Waals surface area (Å²) in [6.07, 6.45) is 11.4. The molecule has 0 radical (unpaired) electrons. The third-order valence-electron chi connectivity index (χ3n) is 11.1. The van der Waals surface area contributed by atoms with E-state index in [-0.39, 0.29) is 33.7 Å². The Morgan fingerprint density at radius 3 is 2.41 bits per heavy atom. The van der Waals surface area contributed by atoms with E-state index in [0.29, 0.717) is 18.8 Å². The smallest absolute Gasteiger partial charge is 0.306 e. The Hall–Kier alpha value is -1.39. The lowest BCUT2D eigenvalue weighted by atomic mass is 9.44. The fraction of sp³-hybridized carbons (Fsp3) is 0.767. The number of hydrogen-bond donors (Lipinski definition) is 3. The van der Waals surface area contributed by atoms with Gasteiger partial charge < -0.3 is 15.3 Å². The van der Waals surface area contributed by atoms with Gasteiger partial charge in [0.2, 0.25) is 0 Å². The molecule has 3 unspecified atom stereocenters. The molecule has 4 rings (SSSR count). The molecule has 0 bridgehead atoms. The minimum atomic E-state index is -0.779. The minimum absolute atomic E-state index is 0.00976. The molecule has 4 heteroatoms. The van der Waals surface area contributed by atoms with Crippen LogP contribution in [0.2, 0.25) is 0 Å². The molecular weight excluding hydrogens is 424 g/mol. The Morgan fingerprint density at radius 2 is 1.79 bits per heavy atom. The number of aliphatic hydroxyl groups is 2. The van der Waals surface area contributed by atoms with Crippen molar-refractivity contribution in [2.45, 2.75) is 106 Å². The maximum Gasteiger partial charge on any atom is 0.306 e. The molecule has 8 atom stereocenters. The van der Waals surface area contributed by atoms with Crippen molar-refractivity contribution in [3.05, 3.63) is 34.9 Å². The molecule has 0 aliphatic heterocycles. The monoisotopic (exact) mass is 470 g/mol. The van der Waals surface area contributed by atoms with Crippen LogP contribution in [0, 0.1) is 39.4 Å². The van der Waals surface area contributed by atoms with Gasteiger partial charge in [0.15, 0.2) is 0 Å². The molecule has 4 aliphatic carbocycles. The molecule has 4 aliphatic rings. The number of carboxylic acid groups (broad SMARTS) is 1. The van der Waals surface area contributed by atoms with Crippen LogP contribution in [-0.4, -0.2) is 33.5 Å². The third kappa shape index (κ3) is 3.50. The van der Waals surface area contributed by atoms with Gasteiger partial charge in [0, 0.05) is 11.3 Å². The van der Waals surface area contributed by atoms with Crippen molar-refractivity contribution in [2.75, 3.05) is 0 Å². The topological polar surface area (TPSA) is 77.8 Å². The number of hydrogen-bond acceptors (Lipinski definition) is 3.